The standard InChI is InChI=1S/C14H20N2O3/c17-12-9-13(18)16(11-7-3-4-8-11)14(19)15(12)10-5-1-2-6-10/h10-11H,1-9H2. The fourth-order valence-corrected chi connectivity index (χ4v) is 3.67. The molecule has 3 rings (SSSR count). The molecule has 0 bridgehead atoms. The monoisotopic (exact) mass is 264 g/mol. The van der Waals surface area contributed by atoms with E-state index in [4.69, 9.17) is 0 Å². The van der Waals surface area contributed by atoms with E-state index in [0.29, 0.717) is 0 Å². The van der Waals surface area contributed by atoms with E-state index in [1.807, 2.05) is 0 Å². The lowest BCUT2D eigenvalue weighted by Gasteiger charge is -2.38. The highest BCUT2D eigenvalue weighted by Crippen LogP contribution is 2.31. The molecule has 3 aliphatic rings. The van der Waals surface area contributed by atoms with Crippen molar-refractivity contribution < 1.29 is 14.4 Å². The van der Waals surface area contributed by atoms with Gasteiger partial charge in [-0.3, -0.25) is 19.4 Å². The van der Waals surface area contributed by atoms with Gasteiger partial charge < -0.3 is 0 Å². The predicted octanol–water partition coefficient (Wildman–Crippen LogP) is 2.05. The van der Waals surface area contributed by atoms with Crippen molar-refractivity contribution in [1.82, 2.24) is 9.80 Å². The number of amides is 4. The largest absolute Gasteiger partial charge is 0.333 e. The lowest BCUT2D eigenvalue weighted by atomic mass is 10.1. The summed E-state index contributed by atoms with van der Waals surface area (Å²) in [6, 6.07) is -0.297. The fraction of sp³-hybridized carbons (Fsp3) is 0.786. The summed E-state index contributed by atoms with van der Waals surface area (Å²) in [4.78, 5) is 39.3. The Bertz CT molecular complexity index is 373. The number of imide groups is 2. The van der Waals surface area contributed by atoms with Gasteiger partial charge in [0, 0.05) is 12.1 Å². The van der Waals surface area contributed by atoms with Crippen molar-refractivity contribution in [2.24, 2.45) is 0 Å². The van der Waals surface area contributed by atoms with Gasteiger partial charge >= 0.3 is 6.03 Å². The third-order valence-corrected chi connectivity index (χ3v) is 4.63. The molecule has 0 aromatic carbocycles. The zero-order chi connectivity index (χ0) is 13.4. The van der Waals surface area contributed by atoms with Crippen LogP contribution in [0.1, 0.15) is 57.8 Å². The molecule has 0 aromatic rings. The van der Waals surface area contributed by atoms with Gasteiger partial charge in [-0.15, -0.1) is 0 Å². The second-order valence-electron chi connectivity index (χ2n) is 5.86. The van der Waals surface area contributed by atoms with E-state index in [1.54, 1.807) is 0 Å². The Morgan fingerprint density at radius 3 is 1.42 bits per heavy atom. The number of urea groups is 1. The quantitative estimate of drug-likeness (QED) is 0.717. The average molecular weight is 264 g/mol. The summed E-state index contributed by atoms with van der Waals surface area (Å²) in [5.41, 5.74) is 0. The Balaban J connectivity index is 1.82. The van der Waals surface area contributed by atoms with Crippen molar-refractivity contribution in [2.45, 2.75) is 69.9 Å². The van der Waals surface area contributed by atoms with Crippen LogP contribution in [-0.4, -0.2) is 39.7 Å². The topological polar surface area (TPSA) is 57.7 Å². The van der Waals surface area contributed by atoms with Crippen LogP contribution >= 0.6 is 0 Å². The molecule has 104 valence electrons. The summed E-state index contributed by atoms with van der Waals surface area (Å²) < 4.78 is 0. The van der Waals surface area contributed by atoms with Gasteiger partial charge in [0.15, 0.2) is 0 Å². The summed E-state index contributed by atoms with van der Waals surface area (Å²) in [6.45, 7) is 0. The first-order valence-electron chi connectivity index (χ1n) is 7.36. The molecular formula is C14H20N2O3. The van der Waals surface area contributed by atoms with Gasteiger partial charge in [-0.1, -0.05) is 25.7 Å². The highest BCUT2D eigenvalue weighted by atomic mass is 16.2. The Morgan fingerprint density at radius 2 is 1.05 bits per heavy atom. The normalized spacial score (nSPS) is 26.8. The second kappa shape index (κ2) is 4.94. The van der Waals surface area contributed by atoms with Crippen LogP contribution in [0, 0.1) is 0 Å². The molecule has 0 N–H and O–H groups in total. The maximum absolute atomic E-state index is 12.5. The molecular weight excluding hydrogens is 244 g/mol. The summed E-state index contributed by atoms with van der Waals surface area (Å²) in [6.07, 6.45) is 7.72. The van der Waals surface area contributed by atoms with E-state index in [1.165, 1.54) is 9.80 Å². The van der Waals surface area contributed by atoms with Crippen LogP contribution in [0.3, 0.4) is 0 Å². The number of hydrogen-bond donors (Lipinski definition) is 0. The van der Waals surface area contributed by atoms with Crippen LogP contribution in [-0.2, 0) is 9.59 Å². The van der Waals surface area contributed by atoms with Gasteiger partial charge in [0.2, 0.25) is 11.8 Å². The fourth-order valence-electron chi connectivity index (χ4n) is 3.67. The first kappa shape index (κ1) is 12.6. The average Bonchev–Trinajstić information content (AvgIpc) is 3.00. The summed E-state index contributed by atoms with van der Waals surface area (Å²) in [5, 5.41) is 0. The van der Waals surface area contributed by atoms with Crippen LogP contribution in [0.4, 0.5) is 4.79 Å². The Morgan fingerprint density at radius 1 is 0.684 bits per heavy atom. The third-order valence-electron chi connectivity index (χ3n) is 4.63. The van der Waals surface area contributed by atoms with E-state index in [9.17, 15) is 14.4 Å². The minimum atomic E-state index is -0.347. The number of hydrogen-bond acceptors (Lipinski definition) is 3. The predicted molar refractivity (Wildman–Crippen MR) is 68.2 cm³/mol. The van der Waals surface area contributed by atoms with Crippen LogP contribution in [0.15, 0.2) is 0 Å². The molecule has 3 fully saturated rings. The smallest absolute Gasteiger partial charge is 0.274 e. The highest BCUT2D eigenvalue weighted by Gasteiger charge is 2.45. The van der Waals surface area contributed by atoms with Gasteiger partial charge in [0.05, 0.1) is 0 Å². The van der Waals surface area contributed by atoms with Gasteiger partial charge in [0.25, 0.3) is 0 Å². The Kier molecular flexibility index (Phi) is 3.29. The zero-order valence-corrected chi connectivity index (χ0v) is 11.1. The molecule has 0 radical (unpaired) electrons. The van der Waals surface area contributed by atoms with E-state index in [-0.39, 0.29) is 36.3 Å². The van der Waals surface area contributed by atoms with Crippen LogP contribution in [0.2, 0.25) is 0 Å². The molecule has 2 aliphatic carbocycles. The molecule has 0 spiro atoms. The van der Waals surface area contributed by atoms with Crippen molar-refractivity contribution in [3.8, 4) is 0 Å². The molecule has 0 aromatic heterocycles. The number of carbonyl (C=O) groups excluding carboxylic acids is 3. The lowest BCUT2D eigenvalue weighted by Crippen LogP contribution is -2.60. The maximum atomic E-state index is 12.5. The van der Waals surface area contributed by atoms with Crippen molar-refractivity contribution in [1.29, 1.82) is 0 Å². The van der Waals surface area contributed by atoms with E-state index >= 15 is 0 Å². The van der Waals surface area contributed by atoms with E-state index in [0.717, 1.165) is 51.4 Å². The van der Waals surface area contributed by atoms with Crippen molar-refractivity contribution in [3.05, 3.63) is 0 Å². The van der Waals surface area contributed by atoms with Crippen molar-refractivity contribution in [2.75, 3.05) is 0 Å². The molecule has 1 aliphatic heterocycles. The molecule has 19 heavy (non-hydrogen) atoms. The minimum Gasteiger partial charge on any atom is -0.274 e. The van der Waals surface area contributed by atoms with E-state index in [2.05, 4.69) is 0 Å². The van der Waals surface area contributed by atoms with Crippen LogP contribution < -0.4 is 0 Å². The summed E-state index contributed by atoms with van der Waals surface area (Å²) >= 11 is 0. The SMILES string of the molecule is O=C1CC(=O)N(C2CCCC2)C(=O)N1C1CCCC1. The van der Waals surface area contributed by atoms with Crippen LogP contribution in [0.5, 0.6) is 0 Å². The molecule has 0 unspecified atom stereocenters. The van der Waals surface area contributed by atoms with Crippen molar-refractivity contribution in [3.63, 3.8) is 0 Å². The number of rotatable bonds is 2. The third kappa shape index (κ3) is 2.15. The molecule has 5 nitrogen and oxygen atoms in total. The number of carbonyl (C=O) groups is 3. The zero-order valence-electron chi connectivity index (χ0n) is 11.1. The summed E-state index contributed by atoms with van der Waals surface area (Å²) in [5.74, 6) is -0.590. The number of nitrogens with zero attached hydrogens (tertiary/aromatic N) is 2. The molecule has 4 amide bonds. The highest BCUT2D eigenvalue weighted by molar-refractivity contribution is 6.14. The van der Waals surface area contributed by atoms with Gasteiger partial charge in [-0.2, -0.15) is 0 Å². The first-order valence-corrected chi connectivity index (χ1v) is 7.36. The van der Waals surface area contributed by atoms with E-state index < -0.39 is 0 Å². The first-order chi connectivity index (χ1) is 9.18. The van der Waals surface area contributed by atoms with Crippen molar-refractivity contribution >= 4 is 17.8 Å². The lowest BCUT2D eigenvalue weighted by molar-refractivity contribution is -0.145. The van der Waals surface area contributed by atoms with Gasteiger partial charge in [-0.25, -0.2) is 4.79 Å². The molecule has 5 heteroatoms. The molecule has 1 heterocycles. The molecule has 0 atom stereocenters. The molecule has 2 saturated carbocycles. The van der Waals surface area contributed by atoms with Gasteiger partial charge in [-0.05, 0) is 25.7 Å². The van der Waals surface area contributed by atoms with Gasteiger partial charge in [0.1, 0.15) is 6.42 Å². The minimum absolute atomic E-state index is 0.0250. The van der Waals surface area contributed by atoms with Crippen LogP contribution in [0.25, 0.3) is 0 Å². The Hall–Kier alpha value is -1.39. The second-order valence-corrected chi connectivity index (χ2v) is 5.86. The maximum Gasteiger partial charge on any atom is 0.333 e. The number of barbiturate groups is 1. The summed E-state index contributed by atoms with van der Waals surface area (Å²) in [7, 11) is 0. The Labute approximate surface area is 112 Å². The molecule has 1 saturated heterocycles.